The zero-order chi connectivity index (χ0) is 13.8. The highest BCUT2D eigenvalue weighted by molar-refractivity contribution is 8.17. The monoisotopic (exact) mass is 324 g/mol. The van der Waals surface area contributed by atoms with Crippen LogP contribution in [0.15, 0.2) is 40.3 Å². The van der Waals surface area contributed by atoms with Crippen LogP contribution in [0.4, 0.5) is 0 Å². The minimum atomic E-state index is 0.176. The Labute approximate surface area is 131 Å². The van der Waals surface area contributed by atoms with E-state index in [0.717, 1.165) is 10.6 Å². The van der Waals surface area contributed by atoms with Crippen molar-refractivity contribution in [3.05, 3.63) is 46.5 Å². The van der Waals surface area contributed by atoms with Gasteiger partial charge in [-0.05, 0) is 41.5 Å². The Morgan fingerprint density at radius 3 is 2.80 bits per heavy atom. The number of thiophene rings is 1. The van der Waals surface area contributed by atoms with E-state index in [-0.39, 0.29) is 11.7 Å². The molecule has 1 fully saturated rings. The second-order valence-electron chi connectivity index (χ2n) is 4.69. The normalized spacial score (nSPS) is 18.0. The summed E-state index contributed by atoms with van der Waals surface area (Å²) in [7, 11) is 0. The van der Waals surface area contributed by atoms with Crippen LogP contribution in [-0.4, -0.2) is 21.9 Å². The molecule has 3 rings (SSSR count). The van der Waals surface area contributed by atoms with Gasteiger partial charge in [0.25, 0.3) is 0 Å². The van der Waals surface area contributed by atoms with Gasteiger partial charge in [-0.15, -0.1) is 34.9 Å². The Balaban J connectivity index is 1.77. The Kier molecular flexibility index (Phi) is 4.91. The lowest BCUT2D eigenvalue weighted by Crippen LogP contribution is -2.19. The van der Waals surface area contributed by atoms with Gasteiger partial charge in [-0.1, -0.05) is 6.07 Å². The van der Waals surface area contributed by atoms with Crippen LogP contribution >= 0.6 is 34.9 Å². The first kappa shape index (κ1) is 14.3. The van der Waals surface area contributed by atoms with Crippen LogP contribution in [0.1, 0.15) is 34.2 Å². The van der Waals surface area contributed by atoms with E-state index >= 15 is 0 Å². The zero-order valence-electron chi connectivity index (χ0n) is 11.0. The van der Waals surface area contributed by atoms with E-state index in [9.17, 15) is 4.79 Å². The predicted molar refractivity (Wildman–Crippen MR) is 88.0 cm³/mol. The van der Waals surface area contributed by atoms with Crippen LogP contribution in [-0.2, 0) is 0 Å². The quantitative estimate of drug-likeness (QED) is 0.732. The molecule has 5 heteroatoms. The molecule has 0 spiro atoms. The Morgan fingerprint density at radius 2 is 2.15 bits per heavy atom. The third kappa shape index (κ3) is 3.32. The van der Waals surface area contributed by atoms with Gasteiger partial charge >= 0.3 is 0 Å². The first-order chi connectivity index (χ1) is 9.84. The van der Waals surface area contributed by atoms with Gasteiger partial charge in [-0.25, -0.2) is 0 Å². The number of carbonyl (C=O) groups excluding carboxylic acids is 1. The molecule has 1 aliphatic heterocycles. The number of hydrogen-bond acceptors (Lipinski definition) is 5. The average molecular weight is 324 g/mol. The van der Waals surface area contributed by atoms with Crippen LogP contribution in [0, 0.1) is 0 Å². The second kappa shape index (κ2) is 6.87. The highest BCUT2D eigenvalue weighted by atomic mass is 32.2. The fourth-order valence-electron chi connectivity index (χ4n) is 2.31. The molecule has 0 radical (unpaired) electrons. The molecule has 1 atom stereocenters. The second-order valence-corrected chi connectivity index (χ2v) is 8.44. The number of furan rings is 1. The lowest BCUT2D eigenvalue weighted by atomic mass is 10.0. The number of carbonyl (C=O) groups is 1. The summed E-state index contributed by atoms with van der Waals surface area (Å²) >= 11 is 5.45. The SMILES string of the molecule is O=C(CC(c1ccco1)C1SCCCS1)c1cccs1. The first-order valence-electron chi connectivity index (χ1n) is 6.68. The van der Waals surface area contributed by atoms with Crippen LogP contribution < -0.4 is 0 Å². The molecule has 0 amide bonds. The Bertz CT molecular complexity index is 527. The molecule has 2 aromatic heterocycles. The van der Waals surface area contributed by atoms with Crippen LogP contribution in [0.2, 0.25) is 0 Å². The van der Waals surface area contributed by atoms with Crippen molar-refractivity contribution in [2.75, 3.05) is 11.5 Å². The average Bonchev–Trinajstić information content (AvgIpc) is 3.18. The number of rotatable bonds is 5. The molecule has 2 aromatic rings. The van der Waals surface area contributed by atoms with Crippen molar-refractivity contribution in [3.8, 4) is 0 Å². The molecule has 0 aromatic carbocycles. The molecule has 0 N–H and O–H groups in total. The first-order valence-corrected chi connectivity index (χ1v) is 9.65. The third-order valence-corrected chi connectivity index (χ3v) is 7.38. The fraction of sp³-hybridized carbons (Fsp3) is 0.400. The van der Waals surface area contributed by atoms with E-state index in [1.54, 1.807) is 6.26 Å². The molecule has 1 saturated heterocycles. The fourth-order valence-corrected chi connectivity index (χ4v) is 6.14. The van der Waals surface area contributed by atoms with Crippen molar-refractivity contribution in [1.29, 1.82) is 0 Å². The topological polar surface area (TPSA) is 30.2 Å². The Morgan fingerprint density at radius 1 is 1.30 bits per heavy atom. The van der Waals surface area contributed by atoms with Gasteiger partial charge in [0.2, 0.25) is 0 Å². The van der Waals surface area contributed by atoms with E-state index in [2.05, 4.69) is 0 Å². The lowest BCUT2D eigenvalue weighted by molar-refractivity contribution is 0.0976. The number of thioether (sulfide) groups is 2. The molecule has 20 heavy (non-hydrogen) atoms. The third-order valence-electron chi connectivity index (χ3n) is 3.29. The van der Waals surface area contributed by atoms with Gasteiger partial charge < -0.3 is 4.42 Å². The minimum Gasteiger partial charge on any atom is -0.469 e. The summed E-state index contributed by atoms with van der Waals surface area (Å²) in [5.74, 6) is 3.72. The van der Waals surface area contributed by atoms with Gasteiger partial charge in [0.05, 0.1) is 15.7 Å². The number of Topliss-reactive ketones (excluding diaryl/α,β-unsaturated/α-hetero) is 1. The maximum Gasteiger partial charge on any atom is 0.173 e. The van der Waals surface area contributed by atoms with E-state index < -0.39 is 0 Å². The van der Waals surface area contributed by atoms with Gasteiger partial charge in [0.1, 0.15) is 5.76 Å². The summed E-state index contributed by atoms with van der Waals surface area (Å²) < 4.78 is 6.02. The van der Waals surface area contributed by atoms with Gasteiger partial charge in [0.15, 0.2) is 5.78 Å². The van der Waals surface area contributed by atoms with Crippen molar-refractivity contribution in [2.24, 2.45) is 0 Å². The molecular weight excluding hydrogens is 308 g/mol. The van der Waals surface area contributed by atoms with E-state index in [1.807, 2.05) is 53.2 Å². The summed E-state index contributed by atoms with van der Waals surface area (Å²) in [5.41, 5.74) is 0. The molecule has 0 aliphatic carbocycles. The lowest BCUT2D eigenvalue weighted by Gasteiger charge is -2.27. The highest BCUT2D eigenvalue weighted by Gasteiger charge is 2.30. The smallest absolute Gasteiger partial charge is 0.173 e. The maximum absolute atomic E-state index is 12.4. The molecule has 1 unspecified atom stereocenters. The highest BCUT2D eigenvalue weighted by Crippen LogP contribution is 2.43. The van der Waals surface area contributed by atoms with Crippen LogP contribution in [0.25, 0.3) is 0 Å². The van der Waals surface area contributed by atoms with Crippen molar-refractivity contribution < 1.29 is 9.21 Å². The maximum atomic E-state index is 12.4. The number of ketones is 1. The summed E-state index contributed by atoms with van der Waals surface area (Å²) in [5, 5.41) is 1.96. The van der Waals surface area contributed by atoms with Crippen LogP contribution in [0.3, 0.4) is 0 Å². The molecule has 0 saturated carbocycles. The molecule has 0 bridgehead atoms. The van der Waals surface area contributed by atoms with Gasteiger partial charge in [-0.3, -0.25) is 4.79 Å². The molecule has 2 nitrogen and oxygen atoms in total. The Hall–Kier alpha value is -0.650. The largest absolute Gasteiger partial charge is 0.469 e. The van der Waals surface area contributed by atoms with E-state index in [1.165, 1.54) is 29.3 Å². The van der Waals surface area contributed by atoms with Crippen molar-refractivity contribution in [1.82, 2.24) is 0 Å². The predicted octanol–water partition coefficient (Wildman–Crippen LogP) is 4.89. The number of hydrogen-bond donors (Lipinski definition) is 0. The summed E-state index contributed by atoms with van der Waals surface area (Å²) in [6.45, 7) is 0. The molecule has 106 valence electrons. The molecule has 3 heterocycles. The summed E-state index contributed by atoms with van der Waals surface area (Å²) in [6.07, 6.45) is 3.50. The standard InChI is InChI=1S/C15H16O2S3/c16-12(14-5-2-7-18-14)10-11(13-4-1-6-17-13)15-19-8-3-9-20-15/h1-2,4-7,11,15H,3,8-10H2. The van der Waals surface area contributed by atoms with Crippen molar-refractivity contribution >= 4 is 40.6 Å². The minimum absolute atomic E-state index is 0.176. The van der Waals surface area contributed by atoms with Crippen LogP contribution in [0.5, 0.6) is 0 Å². The zero-order valence-corrected chi connectivity index (χ0v) is 13.4. The van der Waals surface area contributed by atoms with E-state index in [0.29, 0.717) is 11.0 Å². The van der Waals surface area contributed by atoms with Crippen molar-refractivity contribution in [3.63, 3.8) is 0 Å². The van der Waals surface area contributed by atoms with Gasteiger partial charge in [-0.2, -0.15) is 0 Å². The van der Waals surface area contributed by atoms with E-state index in [4.69, 9.17) is 4.42 Å². The molecular formula is C15H16O2S3. The summed E-state index contributed by atoms with van der Waals surface area (Å²) in [6, 6.07) is 7.76. The molecule has 1 aliphatic rings. The van der Waals surface area contributed by atoms with Gasteiger partial charge in [0, 0.05) is 12.3 Å². The van der Waals surface area contributed by atoms with Crippen molar-refractivity contribution in [2.45, 2.75) is 23.3 Å². The summed E-state index contributed by atoms with van der Waals surface area (Å²) in [4.78, 5) is 13.3.